The highest BCUT2D eigenvalue weighted by molar-refractivity contribution is 6.06. The molecule has 1 saturated heterocycles. The van der Waals surface area contributed by atoms with Crippen molar-refractivity contribution in [1.82, 2.24) is 14.8 Å². The van der Waals surface area contributed by atoms with Crippen LogP contribution >= 0.6 is 0 Å². The zero-order valence-electron chi connectivity index (χ0n) is 15.7. The maximum Gasteiger partial charge on any atom is 0.257 e. The third kappa shape index (κ3) is 3.89. The summed E-state index contributed by atoms with van der Waals surface area (Å²) in [6.45, 7) is 1.54. The van der Waals surface area contributed by atoms with Gasteiger partial charge in [0.1, 0.15) is 0 Å². The number of pyridine rings is 1. The lowest BCUT2D eigenvalue weighted by Crippen LogP contribution is -2.36. The van der Waals surface area contributed by atoms with Gasteiger partial charge in [-0.15, -0.1) is 0 Å². The van der Waals surface area contributed by atoms with Crippen molar-refractivity contribution in [2.24, 2.45) is 7.05 Å². The molecule has 0 spiro atoms. The molecule has 1 aromatic carbocycles. The van der Waals surface area contributed by atoms with E-state index in [4.69, 9.17) is 0 Å². The number of benzene rings is 1. The smallest absolute Gasteiger partial charge is 0.257 e. The van der Waals surface area contributed by atoms with Crippen molar-refractivity contribution < 1.29 is 9.90 Å². The average Bonchev–Trinajstić information content (AvgIpc) is 3.16. The molecule has 0 saturated carbocycles. The maximum atomic E-state index is 12.9. The molecule has 7 nitrogen and oxygen atoms in total. The molecular weight excluding hydrogens is 354 g/mol. The molecule has 0 aliphatic carbocycles. The van der Waals surface area contributed by atoms with E-state index in [2.05, 4.69) is 20.3 Å². The first-order valence-corrected chi connectivity index (χ1v) is 9.37. The van der Waals surface area contributed by atoms with E-state index in [9.17, 15) is 9.90 Å². The number of aromatic nitrogens is 3. The highest BCUT2D eigenvalue weighted by Gasteiger charge is 2.20. The summed E-state index contributed by atoms with van der Waals surface area (Å²) in [5.41, 5.74) is 3.98. The molecule has 4 rings (SSSR count). The molecule has 7 heteroatoms. The number of aryl methyl sites for hydroxylation is 1. The normalized spacial score (nSPS) is 14.9. The minimum atomic E-state index is -0.237. The van der Waals surface area contributed by atoms with Crippen LogP contribution in [0.4, 0.5) is 11.4 Å². The number of carbonyl (C=O) groups excluding carboxylic acids is 1. The number of nitrogens with one attached hydrogen (secondary N) is 1. The van der Waals surface area contributed by atoms with Gasteiger partial charge in [0.15, 0.2) is 0 Å². The van der Waals surface area contributed by atoms with Gasteiger partial charge in [0.25, 0.3) is 5.91 Å². The van der Waals surface area contributed by atoms with Crippen LogP contribution in [0.25, 0.3) is 11.1 Å². The molecule has 2 N–H and O–H groups in total. The van der Waals surface area contributed by atoms with Gasteiger partial charge >= 0.3 is 0 Å². The van der Waals surface area contributed by atoms with Crippen LogP contribution in [-0.4, -0.2) is 45.0 Å². The summed E-state index contributed by atoms with van der Waals surface area (Å²) >= 11 is 0. The van der Waals surface area contributed by atoms with Crippen LogP contribution in [-0.2, 0) is 7.05 Å². The number of anilines is 2. The van der Waals surface area contributed by atoms with E-state index in [0.29, 0.717) is 5.56 Å². The summed E-state index contributed by atoms with van der Waals surface area (Å²) in [6, 6.07) is 9.58. The van der Waals surface area contributed by atoms with Crippen molar-refractivity contribution in [3.05, 3.63) is 60.7 Å². The lowest BCUT2D eigenvalue weighted by molar-refractivity contribution is 0.102. The quantitative estimate of drug-likeness (QED) is 0.730. The Morgan fingerprint density at radius 2 is 1.93 bits per heavy atom. The van der Waals surface area contributed by atoms with Gasteiger partial charge < -0.3 is 15.3 Å². The summed E-state index contributed by atoms with van der Waals surface area (Å²) in [6.07, 6.45) is 8.16. The van der Waals surface area contributed by atoms with Crippen molar-refractivity contribution in [3.8, 4) is 11.1 Å². The van der Waals surface area contributed by atoms with Crippen LogP contribution in [0, 0.1) is 0 Å². The number of para-hydroxylation sites is 2. The van der Waals surface area contributed by atoms with E-state index in [0.717, 1.165) is 48.4 Å². The number of carbonyl (C=O) groups is 1. The van der Waals surface area contributed by atoms with E-state index >= 15 is 0 Å². The molecule has 3 aromatic rings. The fraction of sp³-hybridized carbons (Fsp3) is 0.286. The molecule has 3 heterocycles. The number of rotatable bonds is 4. The minimum Gasteiger partial charge on any atom is -0.393 e. The third-order valence-corrected chi connectivity index (χ3v) is 5.00. The lowest BCUT2D eigenvalue weighted by Gasteiger charge is -2.32. The first-order valence-electron chi connectivity index (χ1n) is 9.37. The Labute approximate surface area is 163 Å². The average molecular weight is 377 g/mol. The molecule has 1 fully saturated rings. The van der Waals surface area contributed by atoms with Gasteiger partial charge in [-0.2, -0.15) is 5.10 Å². The molecule has 1 aliphatic rings. The molecule has 28 heavy (non-hydrogen) atoms. The highest BCUT2D eigenvalue weighted by Crippen LogP contribution is 2.29. The highest BCUT2D eigenvalue weighted by atomic mass is 16.3. The molecule has 144 valence electrons. The van der Waals surface area contributed by atoms with Crippen molar-refractivity contribution in [2.45, 2.75) is 18.9 Å². The van der Waals surface area contributed by atoms with Crippen molar-refractivity contribution >= 4 is 17.3 Å². The lowest BCUT2D eigenvalue weighted by atomic mass is 10.1. The largest absolute Gasteiger partial charge is 0.393 e. The molecule has 1 amide bonds. The number of aliphatic hydroxyl groups excluding tert-OH is 1. The number of amides is 1. The Morgan fingerprint density at radius 1 is 1.14 bits per heavy atom. The van der Waals surface area contributed by atoms with Crippen LogP contribution in [0.5, 0.6) is 0 Å². The third-order valence-electron chi connectivity index (χ3n) is 5.00. The monoisotopic (exact) mass is 377 g/mol. The van der Waals surface area contributed by atoms with Gasteiger partial charge in [-0.3, -0.25) is 14.5 Å². The zero-order chi connectivity index (χ0) is 19.5. The second kappa shape index (κ2) is 7.82. The van der Waals surface area contributed by atoms with Crippen LogP contribution < -0.4 is 10.2 Å². The van der Waals surface area contributed by atoms with Gasteiger partial charge in [0.05, 0.1) is 29.2 Å². The molecule has 0 radical (unpaired) electrons. The van der Waals surface area contributed by atoms with Gasteiger partial charge in [-0.25, -0.2) is 0 Å². The van der Waals surface area contributed by atoms with E-state index < -0.39 is 0 Å². The first kappa shape index (κ1) is 18.2. The Hall–Kier alpha value is -3.19. The van der Waals surface area contributed by atoms with E-state index in [1.165, 1.54) is 0 Å². The first-order chi connectivity index (χ1) is 13.6. The number of aliphatic hydroxyl groups is 1. The Morgan fingerprint density at radius 3 is 2.68 bits per heavy atom. The number of hydrogen-bond donors (Lipinski definition) is 2. The number of nitrogens with zero attached hydrogens (tertiary/aromatic N) is 4. The Kier molecular flexibility index (Phi) is 5.08. The topological polar surface area (TPSA) is 83.3 Å². The minimum absolute atomic E-state index is 0.206. The fourth-order valence-corrected chi connectivity index (χ4v) is 3.45. The van der Waals surface area contributed by atoms with Crippen LogP contribution in [0.15, 0.2) is 55.1 Å². The van der Waals surface area contributed by atoms with Gasteiger partial charge in [-0.1, -0.05) is 12.1 Å². The predicted octanol–water partition coefficient (Wildman–Crippen LogP) is 2.70. The van der Waals surface area contributed by atoms with E-state index in [1.807, 2.05) is 43.6 Å². The number of piperidine rings is 1. The Balaban J connectivity index is 1.55. The molecule has 0 atom stereocenters. The molecule has 0 bridgehead atoms. The van der Waals surface area contributed by atoms with Crippen molar-refractivity contribution in [3.63, 3.8) is 0 Å². The van der Waals surface area contributed by atoms with Crippen molar-refractivity contribution in [1.29, 1.82) is 0 Å². The van der Waals surface area contributed by atoms with E-state index in [1.54, 1.807) is 23.3 Å². The fourth-order valence-electron chi connectivity index (χ4n) is 3.45. The SMILES string of the molecule is Cn1cc(-c2cncc(C(=O)Nc3ccccc3N3CCC(O)CC3)c2)cn1. The van der Waals surface area contributed by atoms with Crippen molar-refractivity contribution in [2.75, 3.05) is 23.3 Å². The summed E-state index contributed by atoms with van der Waals surface area (Å²) in [7, 11) is 1.85. The summed E-state index contributed by atoms with van der Waals surface area (Å²) < 4.78 is 1.72. The summed E-state index contributed by atoms with van der Waals surface area (Å²) in [5.74, 6) is -0.206. The van der Waals surface area contributed by atoms with Crippen LogP contribution in [0.3, 0.4) is 0 Å². The van der Waals surface area contributed by atoms with Gasteiger partial charge in [0, 0.05) is 49.9 Å². The standard InChI is InChI=1S/C21H23N5O2/c1-25-14-17(13-23-25)15-10-16(12-22-11-15)21(28)24-19-4-2-3-5-20(19)26-8-6-18(27)7-9-26/h2-5,10-14,18,27H,6-9H2,1H3,(H,24,28). The second-order valence-corrected chi connectivity index (χ2v) is 7.05. The summed E-state index contributed by atoms with van der Waals surface area (Å²) in [5, 5.41) is 16.9. The number of hydrogen-bond acceptors (Lipinski definition) is 5. The molecule has 2 aromatic heterocycles. The van der Waals surface area contributed by atoms with Gasteiger partial charge in [-0.05, 0) is 31.0 Å². The zero-order valence-corrected chi connectivity index (χ0v) is 15.7. The van der Waals surface area contributed by atoms with E-state index in [-0.39, 0.29) is 12.0 Å². The molecule has 1 aliphatic heterocycles. The maximum absolute atomic E-state index is 12.9. The molecule has 0 unspecified atom stereocenters. The van der Waals surface area contributed by atoms with Crippen LogP contribution in [0.1, 0.15) is 23.2 Å². The van der Waals surface area contributed by atoms with Crippen LogP contribution in [0.2, 0.25) is 0 Å². The summed E-state index contributed by atoms with van der Waals surface area (Å²) in [4.78, 5) is 19.3. The Bertz CT molecular complexity index is 976. The molecular formula is C21H23N5O2. The van der Waals surface area contributed by atoms with Gasteiger partial charge in [0.2, 0.25) is 0 Å². The second-order valence-electron chi connectivity index (χ2n) is 7.05. The predicted molar refractivity (Wildman–Crippen MR) is 108 cm³/mol.